The quantitative estimate of drug-likeness (QED) is 0.577. The van der Waals surface area contributed by atoms with E-state index in [0.29, 0.717) is 22.1 Å². The number of hydrogen-bond acceptors (Lipinski definition) is 7. The summed E-state index contributed by atoms with van der Waals surface area (Å²) >= 11 is 3.26. The van der Waals surface area contributed by atoms with Crippen LogP contribution in [0.1, 0.15) is 0 Å². The van der Waals surface area contributed by atoms with Gasteiger partial charge in [-0.15, -0.1) is 0 Å². The average molecular weight is 342 g/mol. The topological polar surface area (TPSA) is 92.0 Å². The van der Waals surface area contributed by atoms with Crippen LogP contribution in [0.2, 0.25) is 0 Å². The first kappa shape index (κ1) is 14.4. The van der Waals surface area contributed by atoms with Gasteiger partial charge in [-0.05, 0) is 34.1 Å². The molecular weight excluding hydrogens is 329 g/mol. The molecule has 4 N–H and O–H groups in total. The molecule has 1 aromatic carbocycles. The van der Waals surface area contributed by atoms with E-state index in [1.807, 2.05) is 0 Å². The Balaban J connectivity index is 2.34. The molecule has 106 valence electrons. The summed E-state index contributed by atoms with van der Waals surface area (Å²) in [4.78, 5) is 14.1. The maximum absolute atomic E-state index is 13.0. The van der Waals surface area contributed by atoms with E-state index < -0.39 is 0 Å². The summed E-state index contributed by atoms with van der Waals surface area (Å²) < 4.78 is 13.6. The Hall–Kier alpha value is -2.00. The minimum Gasteiger partial charge on any atom is -0.347 e. The van der Waals surface area contributed by atoms with Gasteiger partial charge in [-0.25, -0.2) is 10.2 Å². The molecule has 0 radical (unpaired) electrons. The summed E-state index contributed by atoms with van der Waals surface area (Å²) in [6, 6.07) is 4.26. The third-order valence-electron chi connectivity index (χ3n) is 2.33. The fourth-order valence-electron chi connectivity index (χ4n) is 1.40. The largest absolute Gasteiger partial charge is 0.347 e. The van der Waals surface area contributed by atoms with Crippen LogP contribution in [-0.4, -0.2) is 29.0 Å². The number of rotatable bonds is 4. The van der Waals surface area contributed by atoms with Gasteiger partial charge in [-0.3, -0.25) is 5.43 Å². The summed E-state index contributed by atoms with van der Waals surface area (Å²) in [5, 5.41) is 2.97. The van der Waals surface area contributed by atoms with Gasteiger partial charge in [0.2, 0.25) is 17.8 Å². The van der Waals surface area contributed by atoms with Crippen molar-refractivity contribution in [3.63, 3.8) is 0 Å². The molecule has 0 fully saturated rings. The standard InChI is InChI=1S/C11H13BrFN7/c1-20(2)11-17-9(16-10(18-11)19-14)15-8-4-3-6(13)5-7(8)12/h3-5H,14H2,1-2H3,(H2,15,16,17,18,19). The Kier molecular flexibility index (Phi) is 4.30. The number of hydrogen-bond donors (Lipinski definition) is 3. The molecule has 0 aliphatic heterocycles. The van der Waals surface area contributed by atoms with E-state index in [1.54, 1.807) is 25.1 Å². The number of halogens is 2. The van der Waals surface area contributed by atoms with Crippen molar-refractivity contribution in [2.24, 2.45) is 5.84 Å². The predicted octanol–water partition coefficient (Wildman–Crippen LogP) is 1.87. The minimum atomic E-state index is -0.337. The van der Waals surface area contributed by atoms with Gasteiger partial charge in [0.1, 0.15) is 5.82 Å². The number of nitrogen functional groups attached to an aromatic ring is 1. The monoisotopic (exact) mass is 341 g/mol. The van der Waals surface area contributed by atoms with E-state index in [-0.39, 0.29) is 11.8 Å². The molecule has 0 atom stereocenters. The van der Waals surface area contributed by atoms with Crippen LogP contribution in [-0.2, 0) is 0 Å². The Bertz CT molecular complexity index is 620. The van der Waals surface area contributed by atoms with Gasteiger partial charge in [0.15, 0.2) is 0 Å². The number of nitrogens with zero attached hydrogens (tertiary/aromatic N) is 4. The van der Waals surface area contributed by atoms with Crippen LogP contribution < -0.4 is 21.5 Å². The summed E-state index contributed by atoms with van der Waals surface area (Å²) in [5.74, 6) is 5.95. The highest BCUT2D eigenvalue weighted by Gasteiger charge is 2.09. The van der Waals surface area contributed by atoms with Crippen molar-refractivity contribution in [3.8, 4) is 0 Å². The fourth-order valence-corrected chi connectivity index (χ4v) is 1.85. The van der Waals surface area contributed by atoms with Crippen molar-refractivity contribution in [2.75, 3.05) is 29.7 Å². The number of aromatic nitrogens is 3. The van der Waals surface area contributed by atoms with E-state index >= 15 is 0 Å². The Morgan fingerprint density at radius 3 is 2.50 bits per heavy atom. The van der Waals surface area contributed by atoms with E-state index in [9.17, 15) is 4.39 Å². The van der Waals surface area contributed by atoms with Crippen LogP contribution in [0.3, 0.4) is 0 Å². The van der Waals surface area contributed by atoms with Crippen molar-refractivity contribution >= 4 is 39.5 Å². The maximum Gasteiger partial charge on any atom is 0.243 e. The van der Waals surface area contributed by atoms with Gasteiger partial charge in [0.25, 0.3) is 0 Å². The van der Waals surface area contributed by atoms with Gasteiger partial charge in [-0.2, -0.15) is 15.0 Å². The first-order valence-corrected chi connectivity index (χ1v) is 6.41. The van der Waals surface area contributed by atoms with Gasteiger partial charge < -0.3 is 10.2 Å². The minimum absolute atomic E-state index is 0.226. The first-order chi connectivity index (χ1) is 9.49. The van der Waals surface area contributed by atoms with Gasteiger partial charge in [0.05, 0.1) is 5.69 Å². The Labute approximate surface area is 123 Å². The van der Waals surface area contributed by atoms with E-state index in [4.69, 9.17) is 5.84 Å². The molecule has 0 saturated carbocycles. The van der Waals surface area contributed by atoms with Crippen LogP contribution in [0.5, 0.6) is 0 Å². The molecule has 0 unspecified atom stereocenters. The lowest BCUT2D eigenvalue weighted by Gasteiger charge is -2.13. The average Bonchev–Trinajstić information content (AvgIpc) is 2.41. The van der Waals surface area contributed by atoms with Gasteiger partial charge >= 0.3 is 0 Å². The highest BCUT2D eigenvalue weighted by molar-refractivity contribution is 9.10. The molecule has 0 amide bonds. The molecule has 2 rings (SSSR count). The Morgan fingerprint density at radius 2 is 1.90 bits per heavy atom. The zero-order chi connectivity index (χ0) is 14.7. The number of anilines is 4. The molecule has 0 bridgehead atoms. The van der Waals surface area contributed by atoms with E-state index in [1.165, 1.54) is 12.1 Å². The summed E-state index contributed by atoms with van der Waals surface area (Å²) in [5.41, 5.74) is 3.00. The van der Waals surface area contributed by atoms with Crippen LogP contribution in [0.4, 0.5) is 27.9 Å². The number of hydrazine groups is 1. The third kappa shape index (κ3) is 3.31. The molecule has 9 heteroatoms. The summed E-state index contributed by atoms with van der Waals surface area (Å²) in [6.45, 7) is 0. The molecule has 0 aliphatic rings. The van der Waals surface area contributed by atoms with E-state index in [0.717, 1.165) is 0 Å². The zero-order valence-electron chi connectivity index (χ0n) is 10.9. The van der Waals surface area contributed by atoms with Crippen LogP contribution in [0.15, 0.2) is 22.7 Å². The van der Waals surface area contributed by atoms with Crippen molar-refractivity contribution in [2.45, 2.75) is 0 Å². The van der Waals surface area contributed by atoms with Crippen molar-refractivity contribution in [3.05, 3.63) is 28.5 Å². The molecule has 2 aromatic rings. The summed E-state index contributed by atoms with van der Waals surface area (Å²) in [7, 11) is 3.60. The van der Waals surface area contributed by atoms with E-state index in [2.05, 4.69) is 41.6 Å². The van der Waals surface area contributed by atoms with Crippen LogP contribution >= 0.6 is 15.9 Å². The smallest absolute Gasteiger partial charge is 0.243 e. The molecular formula is C11H13BrFN7. The van der Waals surface area contributed by atoms with Crippen LogP contribution in [0, 0.1) is 5.82 Å². The van der Waals surface area contributed by atoms with Gasteiger partial charge in [-0.1, -0.05) is 0 Å². The van der Waals surface area contributed by atoms with Crippen molar-refractivity contribution in [1.29, 1.82) is 0 Å². The third-order valence-corrected chi connectivity index (χ3v) is 2.99. The van der Waals surface area contributed by atoms with Gasteiger partial charge in [0, 0.05) is 18.6 Å². The second-order valence-electron chi connectivity index (χ2n) is 4.07. The summed E-state index contributed by atoms with van der Waals surface area (Å²) in [6.07, 6.45) is 0. The molecule has 1 aromatic heterocycles. The lowest BCUT2D eigenvalue weighted by Crippen LogP contribution is -2.18. The fraction of sp³-hybridized carbons (Fsp3) is 0.182. The predicted molar refractivity (Wildman–Crippen MR) is 79.3 cm³/mol. The first-order valence-electron chi connectivity index (χ1n) is 5.61. The highest BCUT2D eigenvalue weighted by atomic mass is 79.9. The SMILES string of the molecule is CN(C)c1nc(NN)nc(Nc2ccc(F)cc2Br)n1. The number of nitrogens with two attached hydrogens (primary N) is 1. The maximum atomic E-state index is 13.0. The van der Waals surface area contributed by atoms with Crippen LogP contribution in [0.25, 0.3) is 0 Å². The molecule has 20 heavy (non-hydrogen) atoms. The second kappa shape index (κ2) is 5.97. The number of nitrogens with one attached hydrogen (secondary N) is 2. The van der Waals surface area contributed by atoms with Crippen molar-refractivity contribution < 1.29 is 4.39 Å². The lowest BCUT2D eigenvalue weighted by atomic mass is 10.3. The highest BCUT2D eigenvalue weighted by Crippen LogP contribution is 2.25. The normalized spacial score (nSPS) is 10.2. The molecule has 0 saturated heterocycles. The molecule has 0 spiro atoms. The van der Waals surface area contributed by atoms with Crippen molar-refractivity contribution in [1.82, 2.24) is 15.0 Å². The Morgan fingerprint density at radius 1 is 1.20 bits per heavy atom. The lowest BCUT2D eigenvalue weighted by molar-refractivity contribution is 0.627. The molecule has 1 heterocycles. The second-order valence-corrected chi connectivity index (χ2v) is 4.92. The number of benzene rings is 1. The zero-order valence-corrected chi connectivity index (χ0v) is 12.4. The molecule has 0 aliphatic carbocycles. The molecule has 7 nitrogen and oxygen atoms in total.